The van der Waals surface area contributed by atoms with Crippen LogP contribution in [-0.2, 0) is 11.8 Å². The van der Waals surface area contributed by atoms with Crippen LogP contribution in [0.1, 0.15) is 18.5 Å². The highest BCUT2D eigenvalue weighted by Gasteiger charge is 2.23. The van der Waals surface area contributed by atoms with Gasteiger partial charge in [0.1, 0.15) is 0 Å². The van der Waals surface area contributed by atoms with Gasteiger partial charge in [0.25, 0.3) is 0 Å². The number of aromatic nitrogens is 1. The number of aryl methyl sites for hydroxylation is 1. The van der Waals surface area contributed by atoms with Crippen LogP contribution in [0.15, 0.2) is 18.5 Å². The number of piperazine rings is 1. The van der Waals surface area contributed by atoms with Crippen molar-refractivity contribution in [3.05, 3.63) is 24.0 Å². The first-order valence-electron chi connectivity index (χ1n) is 6.36. The molecule has 0 saturated carbocycles. The van der Waals surface area contributed by atoms with Crippen molar-refractivity contribution in [1.29, 1.82) is 0 Å². The van der Waals surface area contributed by atoms with E-state index in [1.165, 1.54) is 5.56 Å². The molecule has 1 aliphatic rings. The number of rotatable bonds is 4. The molecule has 0 radical (unpaired) electrons. The van der Waals surface area contributed by atoms with E-state index in [0.717, 1.165) is 26.2 Å². The Morgan fingerprint density at radius 1 is 1.39 bits per heavy atom. The molecule has 1 aliphatic heterocycles. The Bertz CT molecular complexity index is 408. The molecule has 2 heterocycles. The van der Waals surface area contributed by atoms with Crippen LogP contribution in [0.25, 0.3) is 0 Å². The summed E-state index contributed by atoms with van der Waals surface area (Å²) < 4.78 is 2.06. The fourth-order valence-corrected chi connectivity index (χ4v) is 2.48. The Kier molecular flexibility index (Phi) is 4.04. The Hall–Kier alpha value is -1.33. The number of nitrogens with zero attached hydrogens (tertiary/aromatic N) is 3. The zero-order valence-corrected chi connectivity index (χ0v) is 11.0. The molecular formula is C13H21N3O2. The maximum Gasteiger partial charge on any atom is 0.317 e. The summed E-state index contributed by atoms with van der Waals surface area (Å²) in [5, 5.41) is 8.76. The Morgan fingerprint density at radius 3 is 2.56 bits per heavy atom. The minimum atomic E-state index is -0.737. The number of hydrogen-bond acceptors (Lipinski definition) is 3. The molecule has 1 aromatic heterocycles. The lowest BCUT2D eigenvalue weighted by atomic mass is 10.1. The number of hydrogen-bond donors (Lipinski definition) is 1. The van der Waals surface area contributed by atoms with Gasteiger partial charge in [-0.05, 0) is 18.6 Å². The molecule has 0 aliphatic carbocycles. The number of carboxylic acids is 1. The normalized spacial score (nSPS) is 19.9. The molecule has 100 valence electrons. The van der Waals surface area contributed by atoms with Gasteiger partial charge >= 0.3 is 5.97 Å². The van der Waals surface area contributed by atoms with Gasteiger partial charge in [-0.3, -0.25) is 14.6 Å². The number of carboxylic acid groups (broad SMARTS) is 1. The highest BCUT2D eigenvalue weighted by Crippen LogP contribution is 2.21. The standard InChI is InChI=1S/C13H21N3O2/c1-11(12-3-4-14(2)9-12)16-7-5-15(6-8-16)10-13(17)18/h3-4,9,11H,5-8,10H2,1-2H3,(H,17,18). The highest BCUT2D eigenvalue weighted by atomic mass is 16.4. The molecule has 1 aromatic rings. The fraction of sp³-hybridized carbons (Fsp3) is 0.615. The van der Waals surface area contributed by atoms with Gasteiger partial charge in [0, 0.05) is 51.7 Å². The lowest BCUT2D eigenvalue weighted by molar-refractivity contribution is -0.138. The van der Waals surface area contributed by atoms with Gasteiger partial charge in [0.05, 0.1) is 6.54 Å². The fourth-order valence-electron chi connectivity index (χ4n) is 2.48. The minimum absolute atomic E-state index is 0.160. The molecule has 1 fully saturated rings. The first-order valence-corrected chi connectivity index (χ1v) is 6.36. The molecule has 1 N–H and O–H groups in total. The Balaban J connectivity index is 1.87. The van der Waals surface area contributed by atoms with E-state index >= 15 is 0 Å². The summed E-state index contributed by atoms with van der Waals surface area (Å²) in [6, 6.07) is 2.55. The van der Waals surface area contributed by atoms with E-state index in [1.807, 2.05) is 11.9 Å². The van der Waals surface area contributed by atoms with E-state index < -0.39 is 5.97 Å². The second-order valence-electron chi connectivity index (χ2n) is 4.99. The molecule has 0 spiro atoms. The van der Waals surface area contributed by atoms with Crippen molar-refractivity contribution in [2.45, 2.75) is 13.0 Å². The van der Waals surface area contributed by atoms with Crippen LogP contribution in [0.4, 0.5) is 0 Å². The van der Waals surface area contributed by atoms with E-state index in [9.17, 15) is 4.79 Å². The topological polar surface area (TPSA) is 48.7 Å². The summed E-state index contributed by atoms with van der Waals surface area (Å²) >= 11 is 0. The predicted molar refractivity (Wildman–Crippen MR) is 69.5 cm³/mol. The zero-order valence-electron chi connectivity index (χ0n) is 11.0. The summed E-state index contributed by atoms with van der Waals surface area (Å²) in [5.74, 6) is -0.737. The summed E-state index contributed by atoms with van der Waals surface area (Å²) in [6.45, 7) is 5.91. The number of aliphatic carboxylic acids is 1. The maximum atomic E-state index is 10.6. The summed E-state index contributed by atoms with van der Waals surface area (Å²) in [7, 11) is 2.03. The minimum Gasteiger partial charge on any atom is -0.480 e. The first-order chi connectivity index (χ1) is 8.56. The molecule has 1 atom stereocenters. The Labute approximate surface area is 108 Å². The molecule has 18 heavy (non-hydrogen) atoms. The predicted octanol–water partition coefficient (Wildman–Crippen LogP) is 0.788. The van der Waals surface area contributed by atoms with Crippen molar-refractivity contribution >= 4 is 5.97 Å². The van der Waals surface area contributed by atoms with Crippen molar-refractivity contribution in [2.24, 2.45) is 7.05 Å². The SMILES string of the molecule is CC(c1ccn(C)c1)N1CCN(CC(=O)O)CC1. The summed E-state index contributed by atoms with van der Waals surface area (Å²) in [4.78, 5) is 15.1. The van der Waals surface area contributed by atoms with Crippen LogP contribution in [0.3, 0.4) is 0 Å². The molecule has 5 heteroatoms. The smallest absolute Gasteiger partial charge is 0.317 e. The monoisotopic (exact) mass is 251 g/mol. The average Bonchev–Trinajstić information content (AvgIpc) is 2.75. The van der Waals surface area contributed by atoms with Crippen LogP contribution < -0.4 is 0 Å². The van der Waals surface area contributed by atoms with E-state index in [4.69, 9.17) is 5.11 Å². The molecule has 2 rings (SSSR count). The molecule has 0 bridgehead atoms. The van der Waals surface area contributed by atoms with Gasteiger partial charge in [0.15, 0.2) is 0 Å². The summed E-state index contributed by atoms with van der Waals surface area (Å²) in [5.41, 5.74) is 1.32. The maximum absolute atomic E-state index is 10.6. The molecule has 0 aromatic carbocycles. The van der Waals surface area contributed by atoms with E-state index in [1.54, 1.807) is 0 Å². The van der Waals surface area contributed by atoms with Gasteiger partial charge in [-0.15, -0.1) is 0 Å². The van der Waals surface area contributed by atoms with Crippen LogP contribution >= 0.6 is 0 Å². The second kappa shape index (κ2) is 5.54. The summed E-state index contributed by atoms with van der Waals surface area (Å²) in [6.07, 6.45) is 4.21. The van der Waals surface area contributed by atoms with Crippen molar-refractivity contribution in [3.63, 3.8) is 0 Å². The van der Waals surface area contributed by atoms with E-state index in [0.29, 0.717) is 6.04 Å². The largest absolute Gasteiger partial charge is 0.480 e. The highest BCUT2D eigenvalue weighted by molar-refractivity contribution is 5.69. The van der Waals surface area contributed by atoms with Gasteiger partial charge in [-0.1, -0.05) is 0 Å². The first kappa shape index (κ1) is 13.1. The van der Waals surface area contributed by atoms with Gasteiger partial charge in [-0.2, -0.15) is 0 Å². The zero-order chi connectivity index (χ0) is 13.1. The Morgan fingerprint density at radius 2 is 2.06 bits per heavy atom. The van der Waals surface area contributed by atoms with Crippen LogP contribution in [0, 0.1) is 0 Å². The third-order valence-corrected chi connectivity index (χ3v) is 3.65. The van der Waals surface area contributed by atoms with Gasteiger partial charge < -0.3 is 9.67 Å². The lowest BCUT2D eigenvalue weighted by Gasteiger charge is -2.37. The van der Waals surface area contributed by atoms with Crippen molar-refractivity contribution in [2.75, 3.05) is 32.7 Å². The van der Waals surface area contributed by atoms with Gasteiger partial charge in [0.2, 0.25) is 0 Å². The van der Waals surface area contributed by atoms with Crippen LogP contribution in [0.5, 0.6) is 0 Å². The van der Waals surface area contributed by atoms with Crippen molar-refractivity contribution < 1.29 is 9.90 Å². The third-order valence-electron chi connectivity index (χ3n) is 3.65. The molecular weight excluding hydrogens is 230 g/mol. The average molecular weight is 251 g/mol. The quantitative estimate of drug-likeness (QED) is 0.859. The van der Waals surface area contributed by atoms with Gasteiger partial charge in [-0.25, -0.2) is 0 Å². The number of carbonyl (C=O) groups is 1. The molecule has 0 amide bonds. The molecule has 1 unspecified atom stereocenters. The van der Waals surface area contributed by atoms with Crippen LogP contribution in [0.2, 0.25) is 0 Å². The lowest BCUT2D eigenvalue weighted by Crippen LogP contribution is -2.48. The second-order valence-corrected chi connectivity index (χ2v) is 4.99. The third kappa shape index (κ3) is 3.11. The van der Waals surface area contributed by atoms with Crippen LogP contribution in [-0.4, -0.2) is 58.2 Å². The van der Waals surface area contributed by atoms with Crippen molar-refractivity contribution in [1.82, 2.24) is 14.4 Å². The molecule has 5 nitrogen and oxygen atoms in total. The van der Waals surface area contributed by atoms with E-state index in [-0.39, 0.29) is 6.54 Å². The molecule has 1 saturated heterocycles. The van der Waals surface area contributed by atoms with E-state index in [2.05, 4.69) is 34.9 Å². The van der Waals surface area contributed by atoms with Crippen molar-refractivity contribution in [3.8, 4) is 0 Å².